The van der Waals surface area contributed by atoms with Crippen LogP contribution in [0.15, 0.2) is 18.2 Å². The number of piperidine rings is 1. The third-order valence-electron chi connectivity index (χ3n) is 3.31. The molecule has 3 heteroatoms. The van der Waals surface area contributed by atoms with Crippen LogP contribution in [0.3, 0.4) is 0 Å². The fourth-order valence-electron chi connectivity index (χ4n) is 2.27. The number of rotatable bonds is 3. The van der Waals surface area contributed by atoms with Gasteiger partial charge in [-0.25, -0.2) is 8.78 Å². The number of nitrogens with one attached hydrogen (secondary N) is 1. The highest BCUT2D eigenvalue weighted by Gasteiger charge is 2.14. The van der Waals surface area contributed by atoms with Crippen LogP contribution < -0.4 is 5.32 Å². The average Bonchev–Trinajstić information content (AvgIpc) is 2.32. The molecule has 88 valence electrons. The summed E-state index contributed by atoms with van der Waals surface area (Å²) in [5, 5.41) is 3.30. The molecule has 0 saturated carbocycles. The SMILES string of the molecule is Fc1cccc(CCC2CCNCC2)c1F. The highest BCUT2D eigenvalue weighted by atomic mass is 19.2. The standard InChI is InChI=1S/C13H17F2N/c14-12-3-1-2-11(13(12)15)5-4-10-6-8-16-9-7-10/h1-3,10,16H,4-9H2. The van der Waals surface area contributed by atoms with Crippen molar-refractivity contribution in [1.29, 1.82) is 0 Å². The van der Waals surface area contributed by atoms with Gasteiger partial charge in [0.15, 0.2) is 11.6 Å². The lowest BCUT2D eigenvalue weighted by atomic mass is 9.91. The second-order valence-electron chi connectivity index (χ2n) is 4.44. The summed E-state index contributed by atoms with van der Waals surface area (Å²) >= 11 is 0. The van der Waals surface area contributed by atoms with Gasteiger partial charge in [-0.15, -0.1) is 0 Å². The molecule has 1 aromatic carbocycles. The van der Waals surface area contributed by atoms with Crippen LogP contribution in [0.25, 0.3) is 0 Å². The lowest BCUT2D eigenvalue weighted by molar-refractivity contribution is 0.352. The maximum absolute atomic E-state index is 13.4. The van der Waals surface area contributed by atoms with Crippen molar-refractivity contribution in [1.82, 2.24) is 5.32 Å². The van der Waals surface area contributed by atoms with Gasteiger partial charge >= 0.3 is 0 Å². The summed E-state index contributed by atoms with van der Waals surface area (Å²) in [6, 6.07) is 4.43. The molecule has 0 atom stereocenters. The van der Waals surface area contributed by atoms with Gasteiger partial charge in [-0.05, 0) is 56.3 Å². The zero-order valence-corrected chi connectivity index (χ0v) is 9.31. The van der Waals surface area contributed by atoms with E-state index in [9.17, 15) is 8.78 Å². The quantitative estimate of drug-likeness (QED) is 0.834. The molecule has 1 fully saturated rings. The first-order chi connectivity index (χ1) is 7.77. The van der Waals surface area contributed by atoms with E-state index in [0.29, 0.717) is 17.9 Å². The maximum atomic E-state index is 13.4. The number of hydrogen-bond donors (Lipinski definition) is 1. The molecule has 1 aromatic rings. The fraction of sp³-hybridized carbons (Fsp3) is 0.538. The monoisotopic (exact) mass is 225 g/mol. The Morgan fingerprint density at radius 1 is 1.19 bits per heavy atom. The molecule has 0 aliphatic carbocycles. The Kier molecular flexibility index (Phi) is 3.88. The fourth-order valence-corrected chi connectivity index (χ4v) is 2.27. The molecule has 0 aromatic heterocycles. The highest BCUT2D eigenvalue weighted by molar-refractivity contribution is 5.19. The molecule has 1 N–H and O–H groups in total. The molecule has 1 heterocycles. The van der Waals surface area contributed by atoms with Crippen molar-refractivity contribution in [3.8, 4) is 0 Å². The Morgan fingerprint density at radius 3 is 2.69 bits per heavy atom. The minimum atomic E-state index is -0.734. The van der Waals surface area contributed by atoms with Gasteiger partial charge in [0.25, 0.3) is 0 Å². The van der Waals surface area contributed by atoms with Crippen LogP contribution in [0, 0.1) is 17.6 Å². The molecule has 2 rings (SSSR count). The Morgan fingerprint density at radius 2 is 1.94 bits per heavy atom. The van der Waals surface area contributed by atoms with Crippen molar-refractivity contribution in [2.24, 2.45) is 5.92 Å². The minimum absolute atomic E-state index is 0.513. The van der Waals surface area contributed by atoms with Gasteiger partial charge in [0, 0.05) is 0 Å². The van der Waals surface area contributed by atoms with Crippen molar-refractivity contribution < 1.29 is 8.78 Å². The Labute approximate surface area is 94.9 Å². The molecule has 1 aliphatic rings. The number of hydrogen-bond acceptors (Lipinski definition) is 1. The van der Waals surface area contributed by atoms with E-state index in [-0.39, 0.29) is 0 Å². The zero-order chi connectivity index (χ0) is 11.4. The van der Waals surface area contributed by atoms with Gasteiger partial charge in [-0.1, -0.05) is 12.1 Å². The largest absolute Gasteiger partial charge is 0.317 e. The predicted octanol–water partition coefficient (Wildman–Crippen LogP) is 2.90. The van der Waals surface area contributed by atoms with E-state index in [1.54, 1.807) is 12.1 Å². The van der Waals surface area contributed by atoms with Crippen LogP contribution in [0.5, 0.6) is 0 Å². The summed E-state index contributed by atoms with van der Waals surface area (Å²) in [7, 11) is 0. The minimum Gasteiger partial charge on any atom is -0.317 e. The first-order valence-corrected chi connectivity index (χ1v) is 5.91. The second-order valence-corrected chi connectivity index (χ2v) is 4.44. The lowest BCUT2D eigenvalue weighted by Crippen LogP contribution is -2.27. The average molecular weight is 225 g/mol. The van der Waals surface area contributed by atoms with E-state index in [1.165, 1.54) is 6.07 Å². The molecule has 0 unspecified atom stereocenters. The molecule has 1 aliphatic heterocycles. The van der Waals surface area contributed by atoms with Crippen LogP contribution in [-0.4, -0.2) is 13.1 Å². The van der Waals surface area contributed by atoms with Gasteiger partial charge in [0.1, 0.15) is 0 Å². The summed E-state index contributed by atoms with van der Waals surface area (Å²) in [6.45, 7) is 2.10. The molecule has 0 spiro atoms. The molecule has 0 radical (unpaired) electrons. The molecule has 16 heavy (non-hydrogen) atoms. The van der Waals surface area contributed by atoms with Crippen LogP contribution in [0.2, 0.25) is 0 Å². The summed E-state index contributed by atoms with van der Waals surface area (Å²) in [4.78, 5) is 0. The third-order valence-corrected chi connectivity index (χ3v) is 3.31. The van der Waals surface area contributed by atoms with E-state index < -0.39 is 11.6 Å². The lowest BCUT2D eigenvalue weighted by Gasteiger charge is -2.22. The number of aryl methyl sites for hydroxylation is 1. The van der Waals surface area contributed by atoms with E-state index in [4.69, 9.17) is 0 Å². The second kappa shape index (κ2) is 5.39. The van der Waals surface area contributed by atoms with Gasteiger partial charge in [0.2, 0.25) is 0 Å². The van der Waals surface area contributed by atoms with Crippen LogP contribution in [0.4, 0.5) is 8.78 Å². The molecule has 0 bridgehead atoms. The van der Waals surface area contributed by atoms with Crippen molar-refractivity contribution in [3.05, 3.63) is 35.4 Å². The van der Waals surface area contributed by atoms with Crippen LogP contribution >= 0.6 is 0 Å². The van der Waals surface area contributed by atoms with E-state index in [0.717, 1.165) is 32.4 Å². The summed E-state index contributed by atoms with van der Waals surface area (Å²) in [5.74, 6) is -0.747. The Balaban J connectivity index is 1.91. The molecule has 1 saturated heterocycles. The van der Waals surface area contributed by atoms with Crippen molar-refractivity contribution in [3.63, 3.8) is 0 Å². The van der Waals surface area contributed by atoms with Crippen molar-refractivity contribution in [2.45, 2.75) is 25.7 Å². The van der Waals surface area contributed by atoms with Gasteiger partial charge in [-0.3, -0.25) is 0 Å². The van der Waals surface area contributed by atoms with E-state index >= 15 is 0 Å². The van der Waals surface area contributed by atoms with Gasteiger partial charge in [-0.2, -0.15) is 0 Å². The Bertz CT molecular complexity index is 346. The normalized spacial score (nSPS) is 17.6. The maximum Gasteiger partial charge on any atom is 0.162 e. The van der Waals surface area contributed by atoms with Crippen molar-refractivity contribution >= 4 is 0 Å². The molecule has 1 nitrogen and oxygen atoms in total. The molecular weight excluding hydrogens is 208 g/mol. The van der Waals surface area contributed by atoms with E-state index in [2.05, 4.69) is 5.32 Å². The van der Waals surface area contributed by atoms with Crippen LogP contribution in [-0.2, 0) is 6.42 Å². The van der Waals surface area contributed by atoms with Gasteiger partial charge < -0.3 is 5.32 Å². The van der Waals surface area contributed by atoms with E-state index in [1.807, 2.05) is 0 Å². The smallest absolute Gasteiger partial charge is 0.162 e. The predicted molar refractivity (Wildman–Crippen MR) is 60.3 cm³/mol. The summed E-state index contributed by atoms with van der Waals surface area (Å²) in [5.41, 5.74) is 0.513. The zero-order valence-electron chi connectivity index (χ0n) is 9.31. The third kappa shape index (κ3) is 2.79. The number of benzene rings is 1. The first-order valence-electron chi connectivity index (χ1n) is 5.91. The van der Waals surface area contributed by atoms with Crippen molar-refractivity contribution in [2.75, 3.05) is 13.1 Å². The summed E-state index contributed by atoms with van der Waals surface area (Å²) < 4.78 is 26.3. The number of halogens is 2. The highest BCUT2D eigenvalue weighted by Crippen LogP contribution is 2.20. The van der Waals surface area contributed by atoms with Gasteiger partial charge in [0.05, 0.1) is 0 Å². The van der Waals surface area contributed by atoms with Crippen LogP contribution in [0.1, 0.15) is 24.8 Å². The Hall–Kier alpha value is -0.960. The summed E-state index contributed by atoms with van der Waals surface area (Å²) in [6.07, 6.45) is 3.91. The molecular formula is C13H17F2N. The first kappa shape index (κ1) is 11.5. The topological polar surface area (TPSA) is 12.0 Å². The molecule has 0 amide bonds.